The van der Waals surface area contributed by atoms with Crippen LogP contribution in [0, 0.1) is 17.8 Å². The first kappa shape index (κ1) is 17.1. The number of fused-ring (bicyclic) bond motifs is 1. The molecule has 5 heteroatoms. The molecule has 5 nitrogen and oxygen atoms in total. The van der Waals surface area contributed by atoms with Crippen LogP contribution in [-0.4, -0.2) is 42.3 Å². The van der Waals surface area contributed by atoms with Crippen molar-refractivity contribution in [2.24, 2.45) is 17.8 Å². The summed E-state index contributed by atoms with van der Waals surface area (Å²) in [5.74, 6) is 1.37. The summed E-state index contributed by atoms with van der Waals surface area (Å²) in [4.78, 5) is 25.6. The molecule has 22 heavy (non-hydrogen) atoms. The Morgan fingerprint density at radius 2 is 1.82 bits per heavy atom. The van der Waals surface area contributed by atoms with Crippen molar-refractivity contribution in [2.45, 2.75) is 59.0 Å². The van der Waals surface area contributed by atoms with Gasteiger partial charge in [-0.05, 0) is 64.7 Å². The SMILES string of the molecule is CCOC(=O)CC1CCC2CN(C(=O)OC(C)(C)C)CC2C1. The van der Waals surface area contributed by atoms with E-state index in [0.717, 1.165) is 32.4 Å². The predicted octanol–water partition coefficient (Wildman–Crippen LogP) is 3.22. The van der Waals surface area contributed by atoms with Crippen LogP contribution in [0.5, 0.6) is 0 Å². The Hall–Kier alpha value is -1.26. The fraction of sp³-hybridized carbons (Fsp3) is 0.882. The van der Waals surface area contributed by atoms with E-state index in [1.807, 2.05) is 32.6 Å². The van der Waals surface area contributed by atoms with Crippen molar-refractivity contribution < 1.29 is 19.1 Å². The normalized spacial score (nSPS) is 28.2. The lowest BCUT2D eigenvalue weighted by Crippen LogP contribution is -2.35. The minimum Gasteiger partial charge on any atom is -0.466 e. The maximum absolute atomic E-state index is 12.2. The first-order valence-corrected chi connectivity index (χ1v) is 8.42. The second-order valence-corrected chi connectivity index (χ2v) is 7.59. The van der Waals surface area contributed by atoms with Gasteiger partial charge in [0.1, 0.15) is 5.60 Å². The van der Waals surface area contributed by atoms with E-state index in [1.54, 1.807) is 0 Å². The van der Waals surface area contributed by atoms with Gasteiger partial charge in [0.25, 0.3) is 0 Å². The highest BCUT2D eigenvalue weighted by Gasteiger charge is 2.41. The number of amides is 1. The van der Waals surface area contributed by atoms with Crippen molar-refractivity contribution in [3.05, 3.63) is 0 Å². The van der Waals surface area contributed by atoms with Crippen LogP contribution in [-0.2, 0) is 14.3 Å². The van der Waals surface area contributed by atoms with Gasteiger partial charge >= 0.3 is 12.1 Å². The van der Waals surface area contributed by atoms with Crippen LogP contribution in [0.4, 0.5) is 4.79 Å². The van der Waals surface area contributed by atoms with Gasteiger partial charge in [-0.15, -0.1) is 0 Å². The topological polar surface area (TPSA) is 55.8 Å². The lowest BCUT2D eigenvalue weighted by Gasteiger charge is -2.30. The largest absolute Gasteiger partial charge is 0.466 e. The molecule has 2 fully saturated rings. The molecule has 1 saturated heterocycles. The maximum atomic E-state index is 12.2. The predicted molar refractivity (Wildman–Crippen MR) is 83.4 cm³/mol. The molecule has 3 atom stereocenters. The monoisotopic (exact) mass is 311 g/mol. The molecule has 0 bridgehead atoms. The second kappa shape index (κ2) is 6.88. The molecular weight excluding hydrogens is 282 g/mol. The number of rotatable bonds is 3. The molecular formula is C17H29NO4. The van der Waals surface area contributed by atoms with Crippen LogP contribution in [0.3, 0.4) is 0 Å². The van der Waals surface area contributed by atoms with Crippen LogP contribution in [0.1, 0.15) is 53.4 Å². The van der Waals surface area contributed by atoms with Crippen molar-refractivity contribution >= 4 is 12.1 Å². The zero-order valence-electron chi connectivity index (χ0n) is 14.3. The molecule has 126 valence electrons. The summed E-state index contributed by atoms with van der Waals surface area (Å²) in [7, 11) is 0. The second-order valence-electron chi connectivity index (χ2n) is 7.59. The van der Waals surface area contributed by atoms with Gasteiger partial charge < -0.3 is 14.4 Å². The molecule has 0 spiro atoms. The standard InChI is InChI=1S/C17H29NO4/c1-5-21-15(19)9-12-6-7-13-10-18(11-14(13)8-12)16(20)22-17(2,3)4/h12-14H,5-11H2,1-4H3. The summed E-state index contributed by atoms with van der Waals surface area (Å²) in [6, 6.07) is 0. The summed E-state index contributed by atoms with van der Waals surface area (Å²) in [6.45, 7) is 9.52. The van der Waals surface area contributed by atoms with Gasteiger partial charge in [-0.25, -0.2) is 4.79 Å². The zero-order valence-corrected chi connectivity index (χ0v) is 14.3. The smallest absolute Gasteiger partial charge is 0.410 e. The average molecular weight is 311 g/mol. The molecule has 1 aliphatic carbocycles. The zero-order chi connectivity index (χ0) is 16.3. The third kappa shape index (κ3) is 4.62. The van der Waals surface area contributed by atoms with Gasteiger partial charge in [-0.1, -0.05) is 0 Å². The van der Waals surface area contributed by atoms with Gasteiger partial charge in [0.05, 0.1) is 6.61 Å². The molecule has 0 aromatic heterocycles. The number of nitrogens with zero attached hydrogens (tertiary/aromatic N) is 1. The summed E-state index contributed by atoms with van der Waals surface area (Å²) >= 11 is 0. The van der Waals surface area contributed by atoms with Crippen LogP contribution in [0.2, 0.25) is 0 Å². The van der Waals surface area contributed by atoms with E-state index < -0.39 is 5.60 Å². The van der Waals surface area contributed by atoms with E-state index >= 15 is 0 Å². The lowest BCUT2D eigenvalue weighted by molar-refractivity contribution is -0.144. The van der Waals surface area contributed by atoms with Gasteiger partial charge in [0.15, 0.2) is 0 Å². The van der Waals surface area contributed by atoms with Gasteiger partial charge in [0.2, 0.25) is 0 Å². The van der Waals surface area contributed by atoms with Crippen LogP contribution < -0.4 is 0 Å². The van der Waals surface area contributed by atoms with Gasteiger partial charge in [-0.2, -0.15) is 0 Å². The summed E-state index contributed by atoms with van der Waals surface area (Å²) in [5.41, 5.74) is -0.447. The first-order chi connectivity index (χ1) is 10.3. The number of hydrogen-bond donors (Lipinski definition) is 0. The number of carbonyl (C=O) groups is 2. The van der Waals surface area contributed by atoms with Crippen molar-refractivity contribution in [3.63, 3.8) is 0 Å². The van der Waals surface area contributed by atoms with Crippen molar-refractivity contribution in [1.82, 2.24) is 4.90 Å². The first-order valence-electron chi connectivity index (χ1n) is 8.42. The third-order valence-electron chi connectivity index (χ3n) is 4.57. The number of esters is 1. The molecule has 0 aromatic carbocycles. The Morgan fingerprint density at radius 1 is 1.14 bits per heavy atom. The van der Waals surface area contributed by atoms with Gasteiger partial charge in [-0.3, -0.25) is 4.79 Å². The number of ether oxygens (including phenoxy) is 2. The molecule has 2 aliphatic rings. The van der Waals surface area contributed by atoms with Crippen LogP contribution >= 0.6 is 0 Å². The minimum atomic E-state index is -0.447. The van der Waals surface area contributed by atoms with Crippen molar-refractivity contribution in [2.75, 3.05) is 19.7 Å². The van der Waals surface area contributed by atoms with Gasteiger partial charge in [0, 0.05) is 19.5 Å². The Bertz CT molecular complexity index is 415. The molecule has 0 N–H and O–H groups in total. The molecule has 3 unspecified atom stereocenters. The molecule has 1 aliphatic heterocycles. The summed E-state index contributed by atoms with van der Waals surface area (Å²) < 4.78 is 10.5. The maximum Gasteiger partial charge on any atom is 0.410 e. The van der Waals surface area contributed by atoms with Crippen molar-refractivity contribution in [1.29, 1.82) is 0 Å². The Kier molecular flexibility index (Phi) is 5.35. The Balaban J connectivity index is 1.84. The fourth-order valence-electron chi connectivity index (χ4n) is 3.65. The van der Waals surface area contributed by atoms with E-state index in [0.29, 0.717) is 30.8 Å². The number of likely N-dealkylation sites (tertiary alicyclic amines) is 1. The number of carbonyl (C=O) groups excluding carboxylic acids is 2. The Labute approximate surface area is 133 Å². The van der Waals surface area contributed by atoms with E-state index in [4.69, 9.17) is 9.47 Å². The molecule has 2 rings (SSSR count). The van der Waals surface area contributed by atoms with E-state index in [1.165, 1.54) is 0 Å². The fourth-order valence-corrected chi connectivity index (χ4v) is 3.65. The van der Waals surface area contributed by atoms with Crippen LogP contribution in [0.25, 0.3) is 0 Å². The highest BCUT2D eigenvalue weighted by Crippen LogP contribution is 2.40. The number of hydrogen-bond acceptors (Lipinski definition) is 4. The summed E-state index contributed by atoms with van der Waals surface area (Å²) in [6.07, 6.45) is 3.48. The molecule has 1 amide bonds. The molecule has 0 radical (unpaired) electrons. The minimum absolute atomic E-state index is 0.0899. The molecule has 1 saturated carbocycles. The molecule has 1 heterocycles. The summed E-state index contributed by atoms with van der Waals surface area (Å²) in [5, 5.41) is 0. The van der Waals surface area contributed by atoms with Crippen LogP contribution in [0.15, 0.2) is 0 Å². The van der Waals surface area contributed by atoms with Crippen molar-refractivity contribution in [3.8, 4) is 0 Å². The van der Waals surface area contributed by atoms with E-state index in [-0.39, 0.29) is 12.1 Å². The average Bonchev–Trinajstić information content (AvgIpc) is 2.80. The third-order valence-corrected chi connectivity index (χ3v) is 4.57. The lowest BCUT2D eigenvalue weighted by atomic mass is 9.75. The molecule has 0 aromatic rings. The highest BCUT2D eigenvalue weighted by molar-refractivity contribution is 5.70. The quantitative estimate of drug-likeness (QED) is 0.751. The van der Waals surface area contributed by atoms with E-state index in [2.05, 4.69) is 0 Å². The Morgan fingerprint density at radius 3 is 2.45 bits per heavy atom. The van der Waals surface area contributed by atoms with E-state index in [9.17, 15) is 9.59 Å². The highest BCUT2D eigenvalue weighted by atomic mass is 16.6.